The monoisotopic (exact) mass is 210 g/mol. The van der Waals surface area contributed by atoms with Gasteiger partial charge in [0, 0.05) is 18.3 Å². The second kappa shape index (κ2) is 3.06. The summed E-state index contributed by atoms with van der Waals surface area (Å²) in [5, 5.41) is 0. The van der Waals surface area contributed by atoms with Crippen molar-refractivity contribution in [2.75, 3.05) is 13.2 Å². The highest BCUT2D eigenvalue weighted by atomic mass is 16.7. The Hall–Kier alpha value is -0.380. The van der Waals surface area contributed by atoms with Crippen molar-refractivity contribution < 1.29 is 14.2 Å². The fourth-order valence-corrected chi connectivity index (χ4v) is 2.46. The summed E-state index contributed by atoms with van der Waals surface area (Å²) in [4.78, 5) is 0. The maximum atomic E-state index is 5.96. The van der Waals surface area contributed by atoms with Crippen LogP contribution in [0.4, 0.5) is 0 Å². The largest absolute Gasteiger partial charge is 0.366 e. The molecule has 3 heteroatoms. The van der Waals surface area contributed by atoms with Crippen LogP contribution in [0.1, 0.15) is 26.7 Å². The van der Waals surface area contributed by atoms with Gasteiger partial charge in [0.2, 0.25) is 0 Å². The quantitative estimate of drug-likeness (QED) is 0.571. The van der Waals surface area contributed by atoms with Gasteiger partial charge >= 0.3 is 0 Å². The lowest BCUT2D eigenvalue weighted by molar-refractivity contribution is -0.329. The topological polar surface area (TPSA) is 27.7 Å². The molecule has 0 N–H and O–H groups in total. The molecule has 3 nitrogen and oxygen atoms in total. The molecule has 0 aromatic rings. The molecule has 0 saturated carbocycles. The molecule has 2 atom stereocenters. The second-order valence-electron chi connectivity index (χ2n) is 5.66. The van der Waals surface area contributed by atoms with Crippen molar-refractivity contribution >= 4 is 0 Å². The molecule has 2 saturated heterocycles. The van der Waals surface area contributed by atoms with Gasteiger partial charge in [0.1, 0.15) is 0 Å². The van der Waals surface area contributed by atoms with Gasteiger partial charge in [-0.2, -0.15) is 0 Å². The average molecular weight is 210 g/mol. The third-order valence-corrected chi connectivity index (χ3v) is 3.37. The Labute approximate surface area is 90.4 Å². The van der Waals surface area contributed by atoms with E-state index in [2.05, 4.69) is 26.0 Å². The van der Waals surface area contributed by atoms with Crippen molar-refractivity contribution in [2.24, 2.45) is 5.41 Å². The second-order valence-corrected chi connectivity index (χ2v) is 5.66. The average Bonchev–Trinajstić information content (AvgIpc) is 2.53. The van der Waals surface area contributed by atoms with E-state index >= 15 is 0 Å². The lowest BCUT2D eigenvalue weighted by Crippen LogP contribution is -2.52. The molecule has 0 aromatic carbocycles. The standard InChI is InChI=1S/C12H18O3/c1-11(2)7-13-12(14-8-11)5-9-3-4-10(6-12)15-9/h3-4,9-10H,5-8H2,1-2H3/t9-,10+. The molecule has 2 fully saturated rings. The summed E-state index contributed by atoms with van der Waals surface area (Å²) in [7, 11) is 0. The van der Waals surface area contributed by atoms with Crippen LogP contribution < -0.4 is 0 Å². The summed E-state index contributed by atoms with van der Waals surface area (Å²) in [6, 6.07) is 0. The molecule has 0 amide bonds. The Morgan fingerprint density at radius 1 is 1.00 bits per heavy atom. The molecule has 3 aliphatic heterocycles. The van der Waals surface area contributed by atoms with Crippen molar-refractivity contribution in [2.45, 2.75) is 44.7 Å². The van der Waals surface area contributed by atoms with Crippen LogP contribution in [0.5, 0.6) is 0 Å². The minimum absolute atomic E-state index is 0.149. The van der Waals surface area contributed by atoms with Crippen molar-refractivity contribution in [3.05, 3.63) is 12.2 Å². The first-order valence-electron chi connectivity index (χ1n) is 5.69. The van der Waals surface area contributed by atoms with Crippen LogP contribution in [0.3, 0.4) is 0 Å². The van der Waals surface area contributed by atoms with Crippen LogP contribution in [-0.2, 0) is 14.2 Å². The minimum Gasteiger partial charge on any atom is -0.366 e. The third-order valence-electron chi connectivity index (χ3n) is 3.37. The zero-order chi connectivity index (χ0) is 10.5. The first-order valence-corrected chi connectivity index (χ1v) is 5.69. The molecule has 3 aliphatic rings. The van der Waals surface area contributed by atoms with Crippen LogP contribution in [-0.4, -0.2) is 31.2 Å². The van der Waals surface area contributed by atoms with Crippen LogP contribution in [0, 0.1) is 5.41 Å². The predicted octanol–water partition coefficient (Wildman–Crippen LogP) is 1.87. The molecular formula is C12H18O3. The van der Waals surface area contributed by atoms with Gasteiger partial charge in [-0.05, 0) is 0 Å². The highest BCUT2D eigenvalue weighted by Crippen LogP contribution is 2.42. The first kappa shape index (κ1) is 9.82. The van der Waals surface area contributed by atoms with Gasteiger partial charge in [-0.1, -0.05) is 26.0 Å². The Bertz CT molecular complexity index is 269. The van der Waals surface area contributed by atoms with E-state index in [0.717, 1.165) is 26.1 Å². The SMILES string of the molecule is CC1(C)COC2(C[C@H]3C=C[C@@H](C2)O3)OC1. The van der Waals surface area contributed by atoms with Gasteiger partial charge in [0.05, 0.1) is 25.4 Å². The lowest BCUT2D eigenvalue weighted by atomic mass is 9.92. The van der Waals surface area contributed by atoms with Crippen LogP contribution in [0.15, 0.2) is 12.2 Å². The first-order chi connectivity index (χ1) is 7.07. The number of hydrogen-bond donors (Lipinski definition) is 0. The van der Waals surface area contributed by atoms with Crippen LogP contribution in [0.2, 0.25) is 0 Å². The molecular weight excluding hydrogens is 192 g/mol. The Kier molecular flexibility index (Phi) is 2.00. The zero-order valence-electron chi connectivity index (χ0n) is 9.36. The normalized spacial score (nSPS) is 40.9. The van der Waals surface area contributed by atoms with E-state index in [0.29, 0.717) is 0 Å². The molecule has 2 bridgehead atoms. The van der Waals surface area contributed by atoms with Gasteiger partial charge in [-0.15, -0.1) is 0 Å². The van der Waals surface area contributed by atoms with Gasteiger partial charge in [-0.25, -0.2) is 0 Å². The fraction of sp³-hybridized carbons (Fsp3) is 0.833. The number of fused-ring (bicyclic) bond motifs is 2. The molecule has 15 heavy (non-hydrogen) atoms. The molecule has 0 aliphatic carbocycles. The summed E-state index contributed by atoms with van der Waals surface area (Å²) in [5.74, 6) is -0.368. The molecule has 0 unspecified atom stereocenters. The summed E-state index contributed by atoms with van der Waals surface area (Å²) >= 11 is 0. The number of hydrogen-bond acceptors (Lipinski definition) is 3. The Morgan fingerprint density at radius 3 is 2.07 bits per heavy atom. The smallest absolute Gasteiger partial charge is 0.173 e. The van der Waals surface area contributed by atoms with Crippen molar-refractivity contribution in [3.8, 4) is 0 Å². The Morgan fingerprint density at radius 2 is 1.53 bits per heavy atom. The van der Waals surface area contributed by atoms with Crippen molar-refractivity contribution in [1.29, 1.82) is 0 Å². The number of rotatable bonds is 0. The molecule has 0 radical (unpaired) electrons. The molecule has 3 heterocycles. The molecule has 1 spiro atoms. The predicted molar refractivity (Wildman–Crippen MR) is 55.5 cm³/mol. The Balaban J connectivity index is 1.72. The molecule has 84 valence electrons. The van der Waals surface area contributed by atoms with E-state index in [4.69, 9.17) is 14.2 Å². The fourth-order valence-electron chi connectivity index (χ4n) is 2.46. The highest BCUT2D eigenvalue weighted by Gasteiger charge is 2.48. The zero-order valence-corrected chi connectivity index (χ0v) is 9.36. The van der Waals surface area contributed by atoms with Crippen molar-refractivity contribution in [1.82, 2.24) is 0 Å². The number of ether oxygens (including phenoxy) is 3. The van der Waals surface area contributed by atoms with Gasteiger partial charge in [-0.3, -0.25) is 0 Å². The van der Waals surface area contributed by atoms with E-state index in [1.54, 1.807) is 0 Å². The maximum absolute atomic E-state index is 5.96. The van der Waals surface area contributed by atoms with Crippen LogP contribution >= 0.6 is 0 Å². The minimum atomic E-state index is -0.368. The maximum Gasteiger partial charge on any atom is 0.173 e. The van der Waals surface area contributed by atoms with E-state index in [1.165, 1.54) is 0 Å². The van der Waals surface area contributed by atoms with Crippen LogP contribution in [0.25, 0.3) is 0 Å². The molecule has 0 aromatic heterocycles. The van der Waals surface area contributed by atoms with Gasteiger partial charge in [0.25, 0.3) is 0 Å². The van der Waals surface area contributed by atoms with E-state index in [1.807, 2.05) is 0 Å². The van der Waals surface area contributed by atoms with E-state index < -0.39 is 0 Å². The summed E-state index contributed by atoms with van der Waals surface area (Å²) in [6.45, 7) is 5.91. The third kappa shape index (κ3) is 1.73. The van der Waals surface area contributed by atoms with E-state index in [-0.39, 0.29) is 23.4 Å². The molecule has 3 rings (SSSR count). The lowest BCUT2D eigenvalue weighted by Gasteiger charge is -2.47. The van der Waals surface area contributed by atoms with Crippen molar-refractivity contribution in [3.63, 3.8) is 0 Å². The summed E-state index contributed by atoms with van der Waals surface area (Å²) in [6.07, 6.45) is 6.35. The van der Waals surface area contributed by atoms with E-state index in [9.17, 15) is 0 Å². The summed E-state index contributed by atoms with van der Waals surface area (Å²) in [5.41, 5.74) is 0.149. The summed E-state index contributed by atoms with van der Waals surface area (Å²) < 4.78 is 17.6. The van der Waals surface area contributed by atoms with Gasteiger partial charge < -0.3 is 14.2 Å². The highest BCUT2D eigenvalue weighted by molar-refractivity contribution is 5.09. The van der Waals surface area contributed by atoms with Gasteiger partial charge in [0.15, 0.2) is 5.79 Å².